The fraction of sp³-hybridized carbons (Fsp3) is 0.222. The van der Waals surface area contributed by atoms with Gasteiger partial charge in [-0.05, 0) is 30.3 Å². The summed E-state index contributed by atoms with van der Waals surface area (Å²) < 4.78 is 0. The summed E-state index contributed by atoms with van der Waals surface area (Å²) in [4.78, 5) is 3.97. The summed E-state index contributed by atoms with van der Waals surface area (Å²) in [6, 6.07) is 3.79. The largest absolute Gasteiger partial charge is 0.378 e. The molecule has 74 valence electrons. The normalized spacial score (nSPS) is 8.57. The van der Waals surface area contributed by atoms with Gasteiger partial charge in [-0.3, -0.25) is 5.41 Å². The molecule has 0 fully saturated rings. The number of aromatic nitrogens is 1. The van der Waals surface area contributed by atoms with E-state index in [9.17, 15) is 0 Å². The Kier molecular flexibility index (Phi) is 4.67. The second-order valence-corrected chi connectivity index (χ2v) is 3.42. The summed E-state index contributed by atoms with van der Waals surface area (Å²) in [6.07, 6.45) is 1.60. The lowest BCUT2D eigenvalue weighted by Gasteiger charge is -2.02. The summed E-state index contributed by atoms with van der Waals surface area (Å²) in [7, 11) is 0. The summed E-state index contributed by atoms with van der Waals surface area (Å²) in [5.74, 6) is 0. The lowest BCUT2D eigenvalue weighted by atomic mass is 10.2. The first-order chi connectivity index (χ1) is 6.15. The summed E-state index contributed by atoms with van der Waals surface area (Å²) in [5.41, 5.74) is 6.53. The first-order valence-corrected chi connectivity index (χ1v) is 4.34. The Labute approximate surface area is 87.7 Å². The van der Waals surface area contributed by atoms with Crippen LogP contribution in [0, 0.1) is 23.7 Å². The lowest BCUT2D eigenvalue weighted by Crippen LogP contribution is -2.05. The van der Waals surface area contributed by atoms with Gasteiger partial charge in [0.2, 0.25) is 0 Å². The zero-order chi connectivity index (χ0) is 9.84. The zero-order valence-electron chi connectivity index (χ0n) is 7.03. The number of pyridine rings is 1. The molecule has 0 saturated carbocycles. The predicted molar refractivity (Wildman–Crippen MR) is 58.2 cm³/mol. The van der Waals surface area contributed by atoms with Crippen LogP contribution in [-0.2, 0) is 0 Å². The first-order valence-electron chi connectivity index (χ1n) is 3.52. The highest BCUT2D eigenvalue weighted by Gasteiger charge is 2.07. The van der Waals surface area contributed by atoms with E-state index in [1.807, 2.05) is 13.0 Å². The van der Waals surface area contributed by atoms with Crippen molar-refractivity contribution in [3.8, 4) is 6.07 Å². The predicted octanol–water partition coefficient (Wildman–Crippen LogP) is 1.88. The highest BCUT2D eigenvalue weighted by atomic mass is 32.2. The summed E-state index contributed by atoms with van der Waals surface area (Å²) >= 11 is 0.991. The van der Waals surface area contributed by atoms with E-state index >= 15 is 0 Å². The molecule has 1 aromatic rings. The van der Waals surface area contributed by atoms with Crippen LogP contribution in [0.1, 0.15) is 18.6 Å². The number of thioether (sulfide) groups is 1. The number of rotatable bonds is 1. The molecule has 1 heterocycles. The van der Waals surface area contributed by atoms with Crippen LogP contribution in [0.25, 0.3) is 0 Å². The second kappa shape index (κ2) is 5.25. The molecule has 0 spiro atoms. The number of hydrogen-bond donors (Lipinski definition) is 2. The van der Waals surface area contributed by atoms with Crippen molar-refractivity contribution in [1.82, 2.24) is 4.98 Å². The molecule has 0 aliphatic carbocycles. The third-order valence-corrected chi connectivity index (χ3v) is 2.17. The van der Waals surface area contributed by atoms with Crippen molar-refractivity contribution in [3.05, 3.63) is 23.4 Å². The Hall–Kier alpha value is -1.54. The first kappa shape index (κ1) is 12.5. The second-order valence-electron chi connectivity index (χ2n) is 2.39. The number of amidine groups is 1. The Morgan fingerprint density at radius 3 is 2.86 bits per heavy atom. The van der Waals surface area contributed by atoms with Crippen LogP contribution in [0.3, 0.4) is 0 Å². The Morgan fingerprint density at radius 2 is 2.36 bits per heavy atom. The Morgan fingerprint density at radius 1 is 1.71 bits per heavy atom. The average Bonchev–Trinajstić information content (AvgIpc) is 2.03. The van der Waals surface area contributed by atoms with Crippen LogP contribution in [0.2, 0.25) is 0 Å². The number of aryl methyl sites for hydroxylation is 1. The van der Waals surface area contributed by atoms with Gasteiger partial charge < -0.3 is 5.73 Å². The van der Waals surface area contributed by atoms with E-state index in [1.165, 1.54) is 0 Å². The van der Waals surface area contributed by atoms with E-state index in [-0.39, 0.29) is 12.6 Å². The molecule has 1 aromatic heterocycles. The third-order valence-electron chi connectivity index (χ3n) is 1.44. The highest BCUT2D eigenvalue weighted by molar-refractivity contribution is 8.13. The standard InChI is InChI=1S/C8H8N4S.CH4/c1-5-2-3-12-7(6(5)4-9)13-8(10)11;/h2-3H,1H3,(H3,10,11);1H4. The molecule has 0 atom stereocenters. The molecule has 0 aromatic carbocycles. The fourth-order valence-electron chi connectivity index (χ4n) is 0.851. The van der Waals surface area contributed by atoms with Crippen LogP contribution in [0.4, 0.5) is 0 Å². The van der Waals surface area contributed by atoms with Crippen molar-refractivity contribution in [2.75, 3.05) is 0 Å². The van der Waals surface area contributed by atoms with Gasteiger partial charge in [-0.2, -0.15) is 5.26 Å². The molecule has 0 saturated heterocycles. The molecule has 3 N–H and O–H groups in total. The van der Waals surface area contributed by atoms with Gasteiger partial charge in [0, 0.05) is 6.20 Å². The molecule has 4 nitrogen and oxygen atoms in total. The van der Waals surface area contributed by atoms with Gasteiger partial charge in [-0.25, -0.2) is 4.98 Å². The molecule has 0 radical (unpaired) electrons. The maximum absolute atomic E-state index is 8.80. The van der Waals surface area contributed by atoms with Gasteiger partial charge in [0.1, 0.15) is 11.1 Å². The maximum atomic E-state index is 8.80. The van der Waals surface area contributed by atoms with Gasteiger partial charge in [0.05, 0.1) is 5.56 Å². The van der Waals surface area contributed by atoms with Gasteiger partial charge in [-0.1, -0.05) is 7.43 Å². The van der Waals surface area contributed by atoms with Crippen LogP contribution in [0.5, 0.6) is 0 Å². The van der Waals surface area contributed by atoms with Gasteiger partial charge in [0.15, 0.2) is 5.17 Å². The van der Waals surface area contributed by atoms with E-state index in [2.05, 4.69) is 4.98 Å². The molecule has 0 aliphatic rings. The summed E-state index contributed by atoms with van der Waals surface area (Å²) in [6.45, 7) is 1.82. The molecule has 0 amide bonds. The van der Waals surface area contributed by atoms with Crippen molar-refractivity contribution in [3.63, 3.8) is 0 Å². The molecule has 14 heavy (non-hydrogen) atoms. The number of nitriles is 1. The minimum absolute atomic E-state index is 0. The van der Waals surface area contributed by atoms with Crippen molar-refractivity contribution in [2.24, 2.45) is 5.73 Å². The average molecular weight is 208 g/mol. The zero-order valence-corrected chi connectivity index (χ0v) is 7.85. The number of nitrogens with one attached hydrogen (secondary N) is 1. The Bertz CT molecular complexity index is 381. The number of nitrogens with zero attached hydrogens (tertiary/aromatic N) is 2. The molecular weight excluding hydrogens is 196 g/mol. The van der Waals surface area contributed by atoms with E-state index in [0.717, 1.165) is 17.3 Å². The van der Waals surface area contributed by atoms with Gasteiger partial charge >= 0.3 is 0 Å². The SMILES string of the molecule is C.Cc1ccnc(SC(=N)N)c1C#N. The minimum atomic E-state index is -0.0606. The molecule has 5 heteroatoms. The van der Waals surface area contributed by atoms with Crippen molar-refractivity contribution >= 4 is 16.9 Å². The minimum Gasteiger partial charge on any atom is -0.378 e. The van der Waals surface area contributed by atoms with E-state index in [1.54, 1.807) is 12.3 Å². The monoisotopic (exact) mass is 208 g/mol. The molecule has 1 rings (SSSR count). The van der Waals surface area contributed by atoms with Crippen molar-refractivity contribution < 1.29 is 0 Å². The van der Waals surface area contributed by atoms with Gasteiger partial charge in [-0.15, -0.1) is 0 Å². The third kappa shape index (κ3) is 2.75. The number of hydrogen-bond acceptors (Lipinski definition) is 4. The highest BCUT2D eigenvalue weighted by Crippen LogP contribution is 2.21. The maximum Gasteiger partial charge on any atom is 0.157 e. The van der Waals surface area contributed by atoms with Gasteiger partial charge in [0.25, 0.3) is 0 Å². The molecule has 0 bridgehead atoms. The van der Waals surface area contributed by atoms with Crippen LogP contribution >= 0.6 is 11.8 Å². The fourth-order valence-corrected chi connectivity index (χ4v) is 1.48. The van der Waals surface area contributed by atoms with Crippen LogP contribution < -0.4 is 5.73 Å². The van der Waals surface area contributed by atoms with E-state index in [4.69, 9.17) is 16.4 Å². The van der Waals surface area contributed by atoms with Crippen molar-refractivity contribution in [2.45, 2.75) is 19.4 Å². The van der Waals surface area contributed by atoms with Crippen LogP contribution in [-0.4, -0.2) is 10.2 Å². The Balaban J connectivity index is 0.00000169. The lowest BCUT2D eigenvalue weighted by molar-refractivity contribution is 1.09. The molecule has 0 unspecified atom stereocenters. The van der Waals surface area contributed by atoms with E-state index in [0.29, 0.717) is 10.6 Å². The number of nitrogens with two attached hydrogens (primary N) is 1. The quantitative estimate of drug-likeness (QED) is 0.419. The topological polar surface area (TPSA) is 86.6 Å². The van der Waals surface area contributed by atoms with Crippen LogP contribution in [0.15, 0.2) is 17.3 Å². The van der Waals surface area contributed by atoms with Crippen molar-refractivity contribution in [1.29, 1.82) is 10.7 Å². The summed E-state index contributed by atoms with van der Waals surface area (Å²) in [5, 5.41) is 16.3. The molecular formula is C9H12N4S. The molecule has 0 aliphatic heterocycles. The van der Waals surface area contributed by atoms with E-state index < -0.39 is 0 Å². The smallest absolute Gasteiger partial charge is 0.157 e.